The molecule has 0 N–H and O–H groups in total. The van der Waals surface area contributed by atoms with Gasteiger partial charge >= 0.3 is 5.97 Å². The van der Waals surface area contributed by atoms with E-state index in [0.717, 1.165) is 65.2 Å². The van der Waals surface area contributed by atoms with Crippen LogP contribution < -0.4 is 9.47 Å². The Morgan fingerprint density at radius 3 is 2.03 bits per heavy atom. The van der Waals surface area contributed by atoms with Crippen LogP contribution in [0.15, 0.2) is 0 Å². The van der Waals surface area contributed by atoms with Gasteiger partial charge < -0.3 is 9.47 Å². The maximum Gasteiger partial charge on any atom is 0.308 e. The third-order valence-electron chi connectivity index (χ3n) is 7.65. The fourth-order valence-electron chi connectivity index (χ4n) is 5.32. The maximum atomic E-state index is 11.5. The van der Waals surface area contributed by atoms with Crippen LogP contribution in [0.4, 0.5) is 0 Å². The number of carbonyl (C=O) groups excluding carboxylic acids is 1. The van der Waals surface area contributed by atoms with Crippen LogP contribution in [0, 0.1) is 38.5 Å². The van der Waals surface area contributed by atoms with E-state index in [1.165, 1.54) is 63.9 Å². The van der Waals surface area contributed by atoms with E-state index in [2.05, 4.69) is 41.5 Å². The van der Waals surface area contributed by atoms with Gasteiger partial charge in [0.1, 0.15) is 11.5 Å². The molecular formula is C30H50O3. The number of carbonyl (C=O) groups is 1. The summed E-state index contributed by atoms with van der Waals surface area (Å²) in [5, 5.41) is 0. The van der Waals surface area contributed by atoms with E-state index in [9.17, 15) is 4.79 Å². The lowest BCUT2D eigenvalue weighted by Crippen LogP contribution is -2.25. The number of esters is 1. The summed E-state index contributed by atoms with van der Waals surface area (Å²) in [6, 6.07) is 0. The molecule has 0 aliphatic carbocycles. The summed E-state index contributed by atoms with van der Waals surface area (Å²) in [4.78, 5) is 11.5. The molecular weight excluding hydrogens is 408 g/mol. The first kappa shape index (κ1) is 27.7. The number of benzene rings is 1. The Hall–Kier alpha value is -1.51. The summed E-state index contributed by atoms with van der Waals surface area (Å²) in [6.45, 7) is 17.2. The number of ether oxygens (including phenoxy) is 2. The quantitative estimate of drug-likeness (QED) is 0.219. The zero-order valence-corrected chi connectivity index (χ0v) is 22.8. The minimum absolute atomic E-state index is 0.259. The van der Waals surface area contributed by atoms with Gasteiger partial charge in [0.15, 0.2) is 0 Å². The second kappa shape index (κ2) is 13.4. The Balaban J connectivity index is 1.75. The third-order valence-corrected chi connectivity index (χ3v) is 7.65. The average Bonchev–Trinajstić information content (AvgIpc) is 2.74. The molecule has 33 heavy (non-hydrogen) atoms. The van der Waals surface area contributed by atoms with Gasteiger partial charge in [0, 0.05) is 12.5 Å². The van der Waals surface area contributed by atoms with Gasteiger partial charge in [-0.1, -0.05) is 72.6 Å². The lowest BCUT2D eigenvalue weighted by atomic mass is 9.89. The fourth-order valence-corrected chi connectivity index (χ4v) is 5.32. The van der Waals surface area contributed by atoms with Crippen molar-refractivity contribution >= 4 is 5.97 Å². The molecule has 188 valence electrons. The molecule has 0 saturated heterocycles. The second-order valence-electron chi connectivity index (χ2n) is 11.3. The molecule has 1 aromatic rings. The van der Waals surface area contributed by atoms with Crippen LogP contribution in [-0.4, -0.2) is 12.1 Å². The first-order valence-corrected chi connectivity index (χ1v) is 13.6. The molecule has 0 radical (unpaired) electrons. The van der Waals surface area contributed by atoms with Crippen LogP contribution in [0.2, 0.25) is 0 Å². The minimum Gasteiger partial charge on any atom is -0.490 e. The van der Waals surface area contributed by atoms with Crippen LogP contribution in [0.25, 0.3) is 0 Å². The Bertz CT molecular complexity index is 765. The van der Waals surface area contributed by atoms with E-state index >= 15 is 0 Å². The molecule has 0 fully saturated rings. The van der Waals surface area contributed by atoms with Crippen molar-refractivity contribution in [2.75, 3.05) is 0 Å². The predicted octanol–water partition coefficient (Wildman–Crippen LogP) is 8.67. The first-order valence-electron chi connectivity index (χ1n) is 13.6. The van der Waals surface area contributed by atoms with Crippen molar-refractivity contribution in [3.8, 4) is 11.5 Å². The lowest BCUT2D eigenvalue weighted by molar-refractivity contribution is -0.132. The molecule has 3 nitrogen and oxygen atoms in total. The van der Waals surface area contributed by atoms with Crippen LogP contribution in [0.3, 0.4) is 0 Å². The van der Waals surface area contributed by atoms with Crippen molar-refractivity contribution in [3.05, 3.63) is 22.3 Å². The van der Waals surface area contributed by atoms with Gasteiger partial charge in [0.25, 0.3) is 0 Å². The van der Waals surface area contributed by atoms with Gasteiger partial charge in [-0.3, -0.25) is 4.79 Å². The normalized spacial score (nSPS) is 17.4. The summed E-state index contributed by atoms with van der Waals surface area (Å²) in [7, 11) is 0. The number of hydrogen-bond donors (Lipinski definition) is 0. The fraction of sp³-hybridized carbons (Fsp3) is 0.767. The summed E-state index contributed by atoms with van der Waals surface area (Å²) < 4.78 is 12.0. The first-order chi connectivity index (χ1) is 15.6. The zero-order chi connectivity index (χ0) is 24.5. The molecule has 0 amide bonds. The van der Waals surface area contributed by atoms with Crippen LogP contribution in [0.5, 0.6) is 11.5 Å². The van der Waals surface area contributed by atoms with E-state index in [-0.39, 0.29) is 5.97 Å². The minimum atomic E-state index is -0.259. The predicted molar refractivity (Wildman–Crippen MR) is 139 cm³/mol. The van der Waals surface area contributed by atoms with E-state index in [1.807, 2.05) is 6.92 Å². The molecule has 3 atom stereocenters. The molecule has 1 heterocycles. The van der Waals surface area contributed by atoms with Crippen molar-refractivity contribution in [1.82, 2.24) is 0 Å². The van der Waals surface area contributed by atoms with Gasteiger partial charge in [-0.15, -0.1) is 0 Å². The molecule has 1 aliphatic rings. The standard InChI is InChI=1S/C30H50O3/c1-20(2)12-9-13-21(3)14-10-15-22(4)16-11-17-27-18-19-28-25(7)29(32-26(8)31)23(5)24(6)30(28)33-27/h20-22,27H,9-19H2,1-8H3. The molecule has 2 rings (SSSR count). The topological polar surface area (TPSA) is 35.5 Å². The van der Waals surface area contributed by atoms with Gasteiger partial charge in [0.2, 0.25) is 0 Å². The third kappa shape index (κ3) is 8.65. The highest BCUT2D eigenvalue weighted by atomic mass is 16.5. The number of rotatable bonds is 13. The summed E-state index contributed by atoms with van der Waals surface area (Å²) in [6.07, 6.45) is 14.3. The van der Waals surface area contributed by atoms with Crippen molar-refractivity contribution in [2.45, 2.75) is 132 Å². The zero-order valence-electron chi connectivity index (χ0n) is 22.8. The van der Waals surface area contributed by atoms with Crippen molar-refractivity contribution in [2.24, 2.45) is 17.8 Å². The monoisotopic (exact) mass is 458 g/mol. The van der Waals surface area contributed by atoms with Crippen molar-refractivity contribution < 1.29 is 14.3 Å². The largest absolute Gasteiger partial charge is 0.490 e. The lowest BCUT2D eigenvalue weighted by Gasteiger charge is -2.30. The van der Waals surface area contributed by atoms with Crippen molar-refractivity contribution in [3.63, 3.8) is 0 Å². The van der Waals surface area contributed by atoms with Crippen LogP contribution >= 0.6 is 0 Å². The van der Waals surface area contributed by atoms with E-state index in [4.69, 9.17) is 9.47 Å². The van der Waals surface area contributed by atoms with E-state index < -0.39 is 0 Å². The molecule has 1 aromatic carbocycles. The molecule has 0 saturated carbocycles. The Kier molecular flexibility index (Phi) is 11.3. The van der Waals surface area contributed by atoms with Crippen LogP contribution in [0.1, 0.15) is 121 Å². The van der Waals surface area contributed by atoms with Gasteiger partial charge in [-0.05, 0) is 80.9 Å². The number of hydrogen-bond acceptors (Lipinski definition) is 3. The second-order valence-corrected chi connectivity index (χ2v) is 11.3. The Morgan fingerprint density at radius 2 is 1.45 bits per heavy atom. The number of fused-ring (bicyclic) bond motifs is 1. The van der Waals surface area contributed by atoms with E-state index in [1.54, 1.807) is 0 Å². The Labute approximate surface area is 204 Å². The highest BCUT2D eigenvalue weighted by molar-refractivity contribution is 5.72. The molecule has 0 spiro atoms. The average molecular weight is 459 g/mol. The SMILES string of the molecule is CC(=O)Oc1c(C)c(C)c2c(c1C)CCC(CCCC(C)CCCC(C)CCCC(C)C)O2. The molecule has 0 aromatic heterocycles. The maximum absolute atomic E-state index is 11.5. The van der Waals surface area contributed by atoms with Gasteiger partial charge in [0.05, 0.1) is 6.10 Å². The molecule has 3 unspecified atom stereocenters. The van der Waals surface area contributed by atoms with Crippen LogP contribution in [-0.2, 0) is 11.2 Å². The Morgan fingerprint density at radius 1 is 0.879 bits per heavy atom. The summed E-state index contributed by atoms with van der Waals surface area (Å²) in [5.41, 5.74) is 4.43. The molecule has 1 aliphatic heterocycles. The molecule has 3 heteroatoms. The highest BCUT2D eigenvalue weighted by Gasteiger charge is 2.27. The highest BCUT2D eigenvalue weighted by Crippen LogP contribution is 2.42. The van der Waals surface area contributed by atoms with Gasteiger partial charge in [-0.2, -0.15) is 0 Å². The smallest absolute Gasteiger partial charge is 0.308 e. The molecule has 0 bridgehead atoms. The van der Waals surface area contributed by atoms with E-state index in [0.29, 0.717) is 6.10 Å². The summed E-state index contributed by atoms with van der Waals surface area (Å²) >= 11 is 0. The summed E-state index contributed by atoms with van der Waals surface area (Å²) in [5.74, 6) is 4.03. The van der Waals surface area contributed by atoms with Gasteiger partial charge in [-0.25, -0.2) is 0 Å². The van der Waals surface area contributed by atoms with Crippen molar-refractivity contribution in [1.29, 1.82) is 0 Å².